The number of aromatic nitrogens is 1. The third kappa shape index (κ3) is 3.29. The molecule has 1 aliphatic rings. The highest BCUT2D eigenvalue weighted by molar-refractivity contribution is 5.94. The lowest BCUT2D eigenvalue weighted by Gasteiger charge is -2.16. The Morgan fingerprint density at radius 1 is 0.963 bits per heavy atom. The summed E-state index contributed by atoms with van der Waals surface area (Å²) in [5.41, 5.74) is 8.54. The monoisotopic (exact) mass is 358 g/mol. The number of benzene rings is 2. The lowest BCUT2D eigenvalue weighted by Crippen LogP contribution is -2.31. The van der Waals surface area contributed by atoms with E-state index in [0.717, 1.165) is 5.92 Å². The second-order valence-corrected chi connectivity index (χ2v) is 8.77. The summed E-state index contributed by atoms with van der Waals surface area (Å²) in [6, 6.07) is 14.2. The normalized spacial score (nSPS) is 15.2. The van der Waals surface area contributed by atoms with Gasteiger partial charge in [0.15, 0.2) is 6.20 Å². The third-order valence-electron chi connectivity index (χ3n) is 6.60. The number of rotatable bonds is 3. The molecule has 1 aromatic heterocycles. The molecule has 0 saturated heterocycles. The van der Waals surface area contributed by atoms with Crippen molar-refractivity contribution in [1.82, 2.24) is 0 Å². The highest BCUT2D eigenvalue weighted by atomic mass is 14.9. The van der Waals surface area contributed by atoms with Crippen LogP contribution in [0.2, 0.25) is 0 Å². The number of fused-ring (bicyclic) bond motifs is 1. The fraction of sp³-hybridized carbons (Fsp3) is 0.423. The molecule has 0 spiro atoms. The van der Waals surface area contributed by atoms with E-state index < -0.39 is 0 Å². The fourth-order valence-electron chi connectivity index (χ4n) is 4.71. The minimum atomic E-state index is 0.557. The molecule has 0 aliphatic heterocycles. The largest absolute Gasteiger partial charge is 0.220 e. The molecule has 1 aliphatic carbocycles. The van der Waals surface area contributed by atoms with Crippen molar-refractivity contribution in [2.45, 2.75) is 65.2 Å². The second kappa shape index (κ2) is 7.11. The van der Waals surface area contributed by atoms with Crippen LogP contribution in [0.25, 0.3) is 22.0 Å². The molecule has 1 fully saturated rings. The van der Waals surface area contributed by atoms with Gasteiger partial charge < -0.3 is 0 Å². The summed E-state index contributed by atoms with van der Waals surface area (Å²) in [5, 5.41) is 2.70. The van der Waals surface area contributed by atoms with Crippen LogP contribution in [-0.2, 0) is 7.05 Å². The van der Waals surface area contributed by atoms with Crippen LogP contribution in [0.4, 0.5) is 0 Å². The summed E-state index contributed by atoms with van der Waals surface area (Å²) < 4.78 is 2.30. The SMILES string of the molecule is Cc1cc(C2CCCC2)cc(-c2c3ccc(C(C)C)cc3cc[n+]2C)c1C. The van der Waals surface area contributed by atoms with Crippen LogP contribution in [0.5, 0.6) is 0 Å². The van der Waals surface area contributed by atoms with Crippen LogP contribution >= 0.6 is 0 Å². The van der Waals surface area contributed by atoms with E-state index in [1.807, 2.05) is 0 Å². The second-order valence-electron chi connectivity index (χ2n) is 8.77. The van der Waals surface area contributed by atoms with E-state index in [4.69, 9.17) is 0 Å². The molecular formula is C26H32N+. The summed E-state index contributed by atoms with van der Waals surface area (Å²) in [4.78, 5) is 0. The van der Waals surface area contributed by atoms with Gasteiger partial charge in [0.25, 0.3) is 0 Å². The molecule has 0 radical (unpaired) electrons. The molecule has 0 N–H and O–H groups in total. The van der Waals surface area contributed by atoms with Gasteiger partial charge in [0.05, 0.1) is 10.9 Å². The van der Waals surface area contributed by atoms with Crippen molar-refractivity contribution in [3.63, 3.8) is 0 Å². The van der Waals surface area contributed by atoms with Gasteiger partial charge in [0, 0.05) is 6.07 Å². The minimum absolute atomic E-state index is 0.557. The number of hydrogen-bond donors (Lipinski definition) is 0. The van der Waals surface area contributed by atoms with Crippen LogP contribution in [0, 0.1) is 13.8 Å². The summed E-state index contributed by atoms with van der Waals surface area (Å²) in [6.07, 6.45) is 7.68. The molecule has 0 amide bonds. The molecular weight excluding hydrogens is 326 g/mol. The average Bonchev–Trinajstić information content (AvgIpc) is 3.18. The average molecular weight is 359 g/mol. The van der Waals surface area contributed by atoms with Gasteiger partial charge in [0.2, 0.25) is 5.69 Å². The Kier molecular flexibility index (Phi) is 4.80. The molecule has 0 bridgehead atoms. The Balaban J connectivity index is 1.94. The predicted molar refractivity (Wildman–Crippen MR) is 115 cm³/mol. The minimum Gasteiger partial charge on any atom is -0.200 e. The Labute approximate surface area is 164 Å². The zero-order chi connectivity index (χ0) is 19.1. The molecule has 1 saturated carbocycles. The van der Waals surface area contributed by atoms with Gasteiger partial charge in [-0.2, -0.15) is 0 Å². The molecule has 27 heavy (non-hydrogen) atoms. The maximum absolute atomic E-state index is 2.49. The van der Waals surface area contributed by atoms with E-state index in [0.29, 0.717) is 5.92 Å². The maximum atomic E-state index is 2.49. The first-order chi connectivity index (χ1) is 13.0. The molecule has 1 nitrogen and oxygen atoms in total. The van der Waals surface area contributed by atoms with Gasteiger partial charge >= 0.3 is 0 Å². The Bertz CT molecular complexity index is 991. The number of nitrogens with zero attached hydrogens (tertiary/aromatic N) is 1. The lowest BCUT2D eigenvalue weighted by molar-refractivity contribution is -0.659. The van der Waals surface area contributed by atoms with Crippen molar-refractivity contribution in [3.8, 4) is 11.3 Å². The first-order valence-electron chi connectivity index (χ1n) is 10.5. The van der Waals surface area contributed by atoms with E-state index in [1.165, 1.54) is 64.4 Å². The van der Waals surface area contributed by atoms with Gasteiger partial charge in [-0.05, 0) is 78.3 Å². The fourth-order valence-corrected chi connectivity index (χ4v) is 4.71. The summed E-state index contributed by atoms with van der Waals surface area (Å²) in [7, 11) is 2.18. The van der Waals surface area contributed by atoms with Crippen molar-refractivity contribution in [3.05, 3.63) is 64.8 Å². The standard InChI is InChI=1S/C26H32N/c1-17(2)21-10-11-24-22(15-21)12-13-27(5)26(24)25-16-23(14-18(3)19(25)4)20-8-6-7-9-20/h10-17,20H,6-9H2,1-5H3/q+1. The smallest absolute Gasteiger partial charge is 0.200 e. The topological polar surface area (TPSA) is 3.88 Å². The molecule has 0 unspecified atom stereocenters. The molecule has 1 heterocycles. The van der Waals surface area contributed by atoms with E-state index in [-0.39, 0.29) is 0 Å². The van der Waals surface area contributed by atoms with E-state index in [2.05, 4.69) is 81.9 Å². The van der Waals surface area contributed by atoms with Crippen LogP contribution < -0.4 is 4.57 Å². The number of pyridine rings is 1. The van der Waals surface area contributed by atoms with Crippen LogP contribution in [0.15, 0.2) is 42.6 Å². The highest BCUT2D eigenvalue weighted by Gasteiger charge is 2.23. The maximum Gasteiger partial charge on any atom is 0.220 e. The van der Waals surface area contributed by atoms with E-state index >= 15 is 0 Å². The van der Waals surface area contributed by atoms with Gasteiger partial charge in [-0.15, -0.1) is 0 Å². The lowest BCUT2D eigenvalue weighted by atomic mass is 9.88. The van der Waals surface area contributed by atoms with Crippen molar-refractivity contribution in [2.24, 2.45) is 7.05 Å². The highest BCUT2D eigenvalue weighted by Crippen LogP contribution is 2.38. The zero-order valence-electron chi connectivity index (χ0n) is 17.5. The number of aryl methyl sites for hydroxylation is 2. The van der Waals surface area contributed by atoms with Crippen LogP contribution in [0.1, 0.15) is 73.6 Å². The molecule has 0 atom stereocenters. The first kappa shape index (κ1) is 18.2. The number of hydrogen-bond acceptors (Lipinski definition) is 0. The Morgan fingerprint density at radius 3 is 2.41 bits per heavy atom. The molecule has 1 heteroatoms. The third-order valence-corrected chi connectivity index (χ3v) is 6.60. The molecule has 3 aromatic rings. The van der Waals surface area contributed by atoms with E-state index in [1.54, 1.807) is 5.56 Å². The first-order valence-corrected chi connectivity index (χ1v) is 10.5. The van der Waals surface area contributed by atoms with E-state index in [9.17, 15) is 0 Å². The molecule has 4 rings (SSSR count). The summed E-state index contributed by atoms with van der Waals surface area (Å²) in [6.45, 7) is 9.09. The van der Waals surface area contributed by atoms with Crippen molar-refractivity contribution < 1.29 is 4.57 Å². The van der Waals surface area contributed by atoms with Crippen LogP contribution in [-0.4, -0.2) is 0 Å². The van der Waals surface area contributed by atoms with Gasteiger partial charge in [-0.1, -0.05) is 44.9 Å². The van der Waals surface area contributed by atoms with Gasteiger partial charge in [0.1, 0.15) is 7.05 Å². The Hall–Kier alpha value is -2.15. The van der Waals surface area contributed by atoms with Crippen molar-refractivity contribution in [1.29, 1.82) is 0 Å². The summed E-state index contributed by atoms with van der Waals surface area (Å²) >= 11 is 0. The predicted octanol–water partition coefficient (Wildman–Crippen LogP) is 6.73. The quantitative estimate of drug-likeness (QED) is 0.457. The van der Waals surface area contributed by atoms with Crippen LogP contribution in [0.3, 0.4) is 0 Å². The van der Waals surface area contributed by atoms with Gasteiger partial charge in [-0.25, -0.2) is 4.57 Å². The summed E-state index contributed by atoms with van der Waals surface area (Å²) in [5.74, 6) is 1.30. The zero-order valence-corrected chi connectivity index (χ0v) is 17.5. The van der Waals surface area contributed by atoms with Gasteiger partial charge in [-0.3, -0.25) is 0 Å². The van der Waals surface area contributed by atoms with Crippen molar-refractivity contribution >= 4 is 10.8 Å². The van der Waals surface area contributed by atoms with Crippen molar-refractivity contribution in [2.75, 3.05) is 0 Å². The Morgan fingerprint density at radius 2 is 1.70 bits per heavy atom. The molecule has 140 valence electrons. The molecule has 2 aromatic carbocycles.